The van der Waals surface area contributed by atoms with Gasteiger partial charge in [-0.2, -0.15) is 0 Å². The molecule has 1 aliphatic heterocycles. The standard InChI is InChI=1S/C22H21N3O4S/c1-3-29-18-8-5-15(11-19(18)28-2)21(27)25-22-24-17(12-30-22)14-4-7-16-13(10-14)6-9-20(26)23-16/h4-5,7-8,10-12H,3,6,9H2,1-2H3,(H,23,26)(H,24,25,27). The van der Waals surface area contributed by atoms with Crippen molar-refractivity contribution in [2.75, 3.05) is 24.4 Å². The maximum Gasteiger partial charge on any atom is 0.257 e. The van der Waals surface area contributed by atoms with E-state index < -0.39 is 0 Å². The molecule has 3 aromatic rings. The van der Waals surface area contributed by atoms with Crippen molar-refractivity contribution in [1.29, 1.82) is 0 Å². The first kappa shape index (κ1) is 19.9. The van der Waals surface area contributed by atoms with Gasteiger partial charge in [0.25, 0.3) is 5.91 Å². The molecule has 2 heterocycles. The molecule has 4 rings (SSSR count). The van der Waals surface area contributed by atoms with E-state index in [4.69, 9.17) is 9.47 Å². The van der Waals surface area contributed by atoms with Crippen molar-refractivity contribution in [1.82, 2.24) is 4.98 Å². The first-order chi connectivity index (χ1) is 14.6. The summed E-state index contributed by atoms with van der Waals surface area (Å²) in [6.07, 6.45) is 1.20. The Labute approximate surface area is 178 Å². The smallest absolute Gasteiger partial charge is 0.257 e. The number of rotatable bonds is 6. The maximum absolute atomic E-state index is 12.6. The minimum atomic E-state index is -0.273. The predicted molar refractivity (Wildman–Crippen MR) is 117 cm³/mol. The molecule has 2 N–H and O–H groups in total. The Kier molecular flexibility index (Phi) is 5.67. The van der Waals surface area contributed by atoms with Gasteiger partial charge in [0.2, 0.25) is 5.91 Å². The average Bonchev–Trinajstić information content (AvgIpc) is 3.22. The summed E-state index contributed by atoms with van der Waals surface area (Å²) < 4.78 is 10.8. The number of benzene rings is 2. The topological polar surface area (TPSA) is 89.5 Å². The summed E-state index contributed by atoms with van der Waals surface area (Å²) in [5.41, 5.74) is 4.12. The number of nitrogens with one attached hydrogen (secondary N) is 2. The van der Waals surface area contributed by atoms with Crippen molar-refractivity contribution in [3.63, 3.8) is 0 Å². The van der Waals surface area contributed by atoms with Gasteiger partial charge in [0.05, 0.1) is 19.4 Å². The molecule has 0 radical (unpaired) electrons. The van der Waals surface area contributed by atoms with Gasteiger partial charge in [-0.1, -0.05) is 6.07 Å². The second-order valence-electron chi connectivity index (χ2n) is 6.71. The minimum absolute atomic E-state index is 0.0415. The third kappa shape index (κ3) is 4.13. The number of carbonyl (C=O) groups excluding carboxylic acids is 2. The van der Waals surface area contributed by atoms with Crippen LogP contribution in [0.4, 0.5) is 10.8 Å². The molecule has 30 heavy (non-hydrogen) atoms. The number of methoxy groups -OCH3 is 1. The summed E-state index contributed by atoms with van der Waals surface area (Å²) in [5, 5.41) is 8.12. The number of anilines is 2. The highest BCUT2D eigenvalue weighted by molar-refractivity contribution is 7.14. The number of aromatic nitrogens is 1. The van der Waals surface area contributed by atoms with E-state index in [-0.39, 0.29) is 11.8 Å². The number of carbonyl (C=O) groups is 2. The summed E-state index contributed by atoms with van der Waals surface area (Å²) in [4.78, 5) is 28.7. The van der Waals surface area contributed by atoms with Crippen LogP contribution in [-0.4, -0.2) is 30.5 Å². The highest BCUT2D eigenvalue weighted by Crippen LogP contribution is 2.31. The van der Waals surface area contributed by atoms with E-state index in [1.165, 1.54) is 18.4 Å². The molecule has 0 bridgehead atoms. The van der Waals surface area contributed by atoms with Gasteiger partial charge in [0.1, 0.15) is 0 Å². The summed E-state index contributed by atoms with van der Waals surface area (Å²) >= 11 is 1.36. The van der Waals surface area contributed by atoms with E-state index in [1.54, 1.807) is 18.2 Å². The van der Waals surface area contributed by atoms with Crippen molar-refractivity contribution in [2.24, 2.45) is 0 Å². The van der Waals surface area contributed by atoms with E-state index in [9.17, 15) is 9.59 Å². The van der Waals surface area contributed by atoms with Crippen LogP contribution in [0.2, 0.25) is 0 Å². The van der Waals surface area contributed by atoms with Gasteiger partial charge in [0.15, 0.2) is 16.6 Å². The lowest BCUT2D eigenvalue weighted by Crippen LogP contribution is -2.18. The van der Waals surface area contributed by atoms with E-state index >= 15 is 0 Å². The lowest BCUT2D eigenvalue weighted by molar-refractivity contribution is -0.116. The predicted octanol–water partition coefficient (Wildman–Crippen LogP) is 4.35. The molecule has 0 atom stereocenters. The SMILES string of the molecule is CCOc1ccc(C(=O)Nc2nc(-c3ccc4c(c3)CCC(=O)N4)cs2)cc1OC. The van der Waals surface area contributed by atoms with Crippen LogP contribution in [0.15, 0.2) is 41.8 Å². The second kappa shape index (κ2) is 8.54. The Hall–Kier alpha value is -3.39. The highest BCUT2D eigenvalue weighted by atomic mass is 32.1. The number of hydrogen-bond donors (Lipinski definition) is 2. The summed E-state index contributed by atoms with van der Waals surface area (Å²) in [5.74, 6) is 0.868. The van der Waals surface area contributed by atoms with Crippen LogP contribution >= 0.6 is 11.3 Å². The van der Waals surface area contributed by atoms with Gasteiger partial charge >= 0.3 is 0 Å². The van der Waals surface area contributed by atoms with Gasteiger partial charge in [0, 0.05) is 28.6 Å². The zero-order chi connectivity index (χ0) is 21.1. The average molecular weight is 423 g/mol. The summed E-state index contributed by atoms with van der Waals surface area (Å²) in [6, 6.07) is 10.9. The Balaban J connectivity index is 1.50. The molecule has 1 aromatic heterocycles. The normalized spacial score (nSPS) is 12.7. The van der Waals surface area contributed by atoms with Crippen LogP contribution in [0.25, 0.3) is 11.3 Å². The third-order valence-electron chi connectivity index (χ3n) is 4.75. The first-order valence-corrected chi connectivity index (χ1v) is 10.5. The molecule has 0 saturated heterocycles. The van der Waals surface area contributed by atoms with Crippen LogP contribution in [0.3, 0.4) is 0 Å². The lowest BCUT2D eigenvalue weighted by atomic mass is 9.99. The number of aryl methyl sites for hydroxylation is 1. The quantitative estimate of drug-likeness (QED) is 0.615. The number of ether oxygens (including phenoxy) is 2. The van der Waals surface area contributed by atoms with Crippen LogP contribution in [-0.2, 0) is 11.2 Å². The Morgan fingerprint density at radius 3 is 2.87 bits per heavy atom. The van der Waals surface area contributed by atoms with Gasteiger partial charge in [-0.3, -0.25) is 14.9 Å². The van der Waals surface area contributed by atoms with Crippen molar-refractivity contribution in [3.05, 3.63) is 52.9 Å². The third-order valence-corrected chi connectivity index (χ3v) is 5.50. The molecule has 0 fully saturated rings. The summed E-state index contributed by atoms with van der Waals surface area (Å²) in [7, 11) is 1.54. The van der Waals surface area contributed by atoms with Crippen LogP contribution in [0, 0.1) is 0 Å². The highest BCUT2D eigenvalue weighted by Gasteiger charge is 2.17. The zero-order valence-corrected chi connectivity index (χ0v) is 17.5. The molecule has 0 unspecified atom stereocenters. The molecule has 154 valence electrons. The van der Waals surface area contributed by atoms with Crippen molar-refractivity contribution in [2.45, 2.75) is 19.8 Å². The molecule has 1 aliphatic rings. The molecular weight excluding hydrogens is 402 g/mol. The maximum atomic E-state index is 12.6. The fourth-order valence-corrected chi connectivity index (χ4v) is 3.97. The molecule has 0 spiro atoms. The van der Waals surface area contributed by atoms with Gasteiger partial charge in [-0.05, 0) is 49.2 Å². The van der Waals surface area contributed by atoms with E-state index in [0.717, 1.165) is 22.5 Å². The Morgan fingerprint density at radius 2 is 2.07 bits per heavy atom. The summed E-state index contributed by atoms with van der Waals surface area (Å²) in [6.45, 7) is 2.40. The number of nitrogens with zero attached hydrogens (tertiary/aromatic N) is 1. The number of amides is 2. The fraction of sp³-hybridized carbons (Fsp3) is 0.227. The minimum Gasteiger partial charge on any atom is -0.493 e. The molecule has 8 heteroatoms. The lowest BCUT2D eigenvalue weighted by Gasteiger charge is -2.17. The monoisotopic (exact) mass is 423 g/mol. The Bertz CT molecular complexity index is 1110. The van der Waals surface area contributed by atoms with Crippen LogP contribution in [0.5, 0.6) is 11.5 Å². The van der Waals surface area contributed by atoms with Crippen molar-refractivity contribution in [3.8, 4) is 22.8 Å². The van der Waals surface area contributed by atoms with E-state index in [1.807, 2.05) is 30.5 Å². The number of thiazole rings is 1. The van der Waals surface area contributed by atoms with Gasteiger partial charge in [-0.25, -0.2) is 4.98 Å². The molecule has 2 aromatic carbocycles. The van der Waals surface area contributed by atoms with Gasteiger partial charge < -0.3 is 14.8 Å². The molecule has 2 amide bonds. The van der Waals surface area contributed by atoms with Crippen molar-refractivity contribution < 1.29 is 19.1 Å². The number of fused-ring (bicyclic) bond motifs is 1. The second-order valence-corrected chi connectivity index (χ2v) is 7.57. The van der Waals surface area contributed by atoms with E-state index in [0.29, 0.717) is 41.6 Å². The Morgan fingerprint density at radius 1 is 1.20 bits per heavy atom. The largest absolute Gasteiger partial charge is 0.493 e. The van der Waals surface area contributed by atoms with Crippen LogP contribution < -0.4 is 20.1 Å². The molecular formula is C22H21N3O4S. The van der Waals surface area contributed by atoms with Gasteiger partial charge in [-0.15, -0.1) is 11.3 Å². The first-order valence-electron chi connectivity index (χ1n) is 9.58. The number of hydrogen-bond acceptors (Lipinski definition) is 6. The van der Waals surface area contributed by atoms with Crippen molar-refractivity contribution >= 4 is 34.0 Å². The van der Waals surface area contributed by atoms with Crippen LogP contribution in [0.1, 0.15) is 29.3 Å². The fourth-order valence-electron chi connectivity index (χ4n) is 3.26. The molecule has 0 saturated carbocycles. The van der Waals surface area contributed by atoms with E-state index in [2.05, 4.69) is 15.6 Å². The molecule has 0 aliphatic carbocycles. The zero-order valence-electron chi connectivity index (χ0n) is 16.7. The molecule has 7 nitrogen and oxygen atoms in total.